The minimum absolute atomic E-state index is 0.0495. The van der Waals surface area contributed by atoms with Gasteiger partial charge in [0.05, 0.1) is 20.1 Å². The fourth-order valence-corrected chi connectivity index (χ4v) is 2.66. The van der Waals surface area contributed by atoms with Crippen molar-refractivity contribution in [1.82, 2.24) is 14.9 Å². The van der Waals surface area contributed by atoms with Crippen molar-refractivity contribution >= 4 is 5.91 Å². The largest absolute Gasteiger partial charge is 0.477 e. The van der Waals surface area contributed by atoms with Crippen LogP contribution in [0.5, 0.6) is 11.8 Å². The van der Waals surface area contributed by atoms with Crippen LogP contribution in [0.1, 0.15) is 12.0 Å². The molecule has 0 aliphatic carbocycles. The highest BCUT2D eigenvalue weighted by Crippen LogP contribution is 2.24. The molecule has 0 saturated carbocycles. The summed E-state index contributed by atoms with van der Waals surface area (Å²) in [6, 6.07) is 6.32. The number of hydrogen-bond acceptors (Lipinski definition) is 5. The second-order valence-corrected chi connectivity index (χ2v) is 5.51. The van der Waals surface area contributed by atoms with E-state index in [-0.39, 0.29) is 24.2 Å². The molecular weight excluding hydrogens is 313 g/mol. The van der Waals surface area contributed by atoms with Gasteiger partial charge in [-0.2, -0.15) is 0 Å². The highest BCUT2D eigenvalue weighted by molar-refractivity contribution is 5.79. The zero-order chi connectivity index (χ0) is 16.9. The van der Waals surface area contributed by atoms with Gasteiger partial charge in [0, 0.05) is 25.4 Å². The number of likely N-dealkylation sites (tertiary alicyclic amines) is 1. The predicted octanol–water partition coefficient (Wildman–Crippen LogP) is 1.85. The SMILES string of the molecule is COc1nccnc1OC1CCN(C(=O)Cc2ccccc2F)C1. The summed E-state index contributed by atoms with van der Waals surface area (Å²) in [7, 11) is 1.50. The zero-order valence-corrected chi connectivity index (χ0v) is 13.3. The summed E-state index contributed by atoms with van der Waals surface area (Å²) < 4.78 is 24.5. The third-order valence-corrected chi connectivity index (χ3v) is 3.90. The third-order valence-electron chi connectivity index (χ3n) is 3.90. The molecule has 0 N–H and O–H groups in total. The lowest BCUT2D eigenvalue weighted by molar-refractivity contribution is -0.129. The first-order valence-electron chi connectivity index (χ1n) is 7.70. The van der Waals surface area contributed by atoms with Crippen LogP contribution in [0.2, 0.25) is 0 Å². The lowest BCUT2D eigenvalue weighted by atomic mass is 10.1. The lowest BCUT2D eigenvalue weighted by Gasteiger charge is -2.17. The topological polar surface area (TPSA) is 64.6 Å². The fourth-order valence-electron chi connectivity index (χ4n) is 2.66. The molecule has 1 unspecified atom stereocenters. The summed E-state index contributed by atoms with van der Waals surface area (Å²) in [5.41, 5.74) is 0.405. The standard InChI is InChI=1S/C17H18FN3O3/c1-23-16-17(20-8-7-19-16)24-13-6-9-21(11-13)15(22)10-12-4-2-3-5-14(12)18/h2-5,7-8,13H,6,9-11H2,1H3. The fraction of sp³-hybridized carbons (Fsp3) is 0.353. The van der Waals surface area contributed by atoms with Crippen LogP contribution in [0.25, 0.3) is 0 Å². The molecule has 24 heavy (non-hydrogen) atoms. The van der Waals surface area contributed by atoms with Gasteiger partial charge >= 0.3 is 0 Å². The van der Waals surface area contributed by atoms with Crippen LogP contribution in [0.15, 0.2) is 36.7 Å². The van der Waals surface area contributed by atoms with Crippen molar-refractivity contribution in [2.24, 2.45) is 0 Å². The van der Waals surface area contributed by atoms with Crippen LogP contribution < -0.4 is 9.47 Å². The molecule has 0 spiro atoms. The summed E-state index contributed by atoms with van der Waals surface area (Å²) >= 11 is 0. The van der Waals surface area contributed by atoms with E-state index in [1.165, 1.54) is 25.6 Å². The first-order valence-corrected chi connectivity index (χ1v) is 7.70. The van der Waals surface area contributed by atoms with Gasteiger partial charge in [0.25, 0.3) is 11.8 Å². The number of amides is 1. The first kappa shape index (κ1) is 16.2. The number of aromatic nitrogens is 2. The van der Waals surface area contributed by atoms with E-state index in [1.54, 1.807) is 23.1 Å². The first-order chi connectivity index (χ1) is 11.7. The van der Waals surface area contributed by atoms with Gasteiger partial charge in [-0.1, -0.05) is 18.2 Å². The Morgan fingerprint density at radius 1 is 1.29 bits per heavy atom. The monoisotopic (exact) mass is 331 g/mol. The van der Waals surface area contributed by atoms with Gasteiger partial charge in [-0.25, -0.2) is 14.4 Å². The lowest BCUT2D eigenvalue weighted by Crippen LogP contribution is -2.32. The minimum atomic E-state index is -0.359. The van der Waals surface area contributed by atoms with Crippen molar-refractivity contribution in [3.8, 4) is 11.8 Å². The highest BCUT2D eigenvalue weighted by Gasteiger charge is 2.29. The van der Waals surface area contributed by atoms with Gasteiger partial charge in [0.15, 0.2) is 0 Å². The van der Waals surface area contributed by atoms with E-state index in [4.69, 9.17) is 9.47 Å². The zero-order valence-electron chi connectivity index (χ0n) is 13.3. The van der Waals surface area contributed by atoms with Gasteiger partial charge in [0.2, 0.25) is 5.91 Å². The summed E-state index contributed by atoms with van der Waals surface area (Å²) in [6.45, 7) is 1.01. The quantitative estimate of drug-likeness (QED) is 0.836. The molecular formula is C17H18FN3O3. The number of rotatable bonds is 5. The summed E-state index contributed by atoms with van der Waals surface area (Å²) in [5.74, 6) is 0.154. The number of ether oxygens (including phenoxy) is 2. The summed E-state index contributed by atoms with van der Waals surface area (Å²) in [4.78, 5) is 22.1. The van der Waals surface area contributed by atoms with Crippen LogP contribution in [0.3, 0.4) is 0 Å². The van der Waals surface area contributed by atoms with E-state index in [1.807, 2.05) is 0 Å². The molecule has 1 fully saturated rings. The Morgan fingerprint density at radius 3 is 2.79 bits per heavy atom. The average Bonchev–Trinajstić information content (AvgIpc) is 3.06. The molecule has 1 aliphatic rings. The average molecular weight is 331 g/mol. The van der Waals surface area contributed by atoms with Crippen LogP contribution in [-0.2, 0) is 11.2 Å². The molecule has 1 aromatic carbocycles. The molecule has 1 atom stereocenters. The maximum Gasteiger partial charge on any atom is 0.278 e. The Balaban J connectivity index is 1.59. The predicted molar refractivity (Wildman–Crippen MR) is 84.3 cm³/mol. The van der Waals surface area contributed by atoms with Gasteiger partial charge in [0.1, 0.15) is 11.9 Å². The Hall–Kier alpha value is -2.70. The highest BCUT2D eigenvalue weighted by atomic mass is 19.1. The maximum atomic E-state index is 13.7. The molecule has 6 nitrogen and oxygen atoms in total. The number of hydrogen-bond donors (Lipinski definition) is 0. The van der Waals surface area contributed by atoms with Crippen LogP contribution in [0, 0.1) is 5.82 Å². The molecule has 1 saturated heterocycles. The van der Waals surface area contributed by atoms with E-state index in [2.05, 4.69) is 9.97 Å². The van der Waals surface area contributed by atoms with Crippen molar-refractivity contribution in [3.63, 3.8) is 0 Å². The van der Waals surface area contributed by atoms with Crippen molar-refractivity contribution in [2.75, 3.05) is 20.2 Å². The molecule has 2 heterocycles. The number of benzene rings is 1. The van der Waals surface area contributed by atoms with Gasteiger partial charge in [-0.15, -0.1) is 0 Å². The van der Waals surface area contributed by atoms with E-state index in [0.717, 1.165) is 0 Å². The van der Waals surface area contributed by atoms with Gasteiger partial charge < -0.3 is 14.4 Å². The molecule has 1 aliphatic heterocycles. The van der Waals surface area contributed by atoms with Crippen LogP contribution >= 0.6 is 0 Å². The van der Waals surface area contributed by atoms with E-state index in [0.29, 0.717) is 36.8 Å². The van der Waals surface area contributed by atoms with E-state index >= 15 is 0 Å². The number of nitrogens with zero attached hydrogens (tertiary/aromatic N) is 3. The van der Waals surface area contributed by atoms with Crippen LogP contribution in [0.4, 0.5) is 4.39 Å². The summed E-state index contributed by atoms with van der Waals surface area (Å²) in [5, 5.41) is 0. The Labute approximate surface area is 139 Å². The van der Waals surface area contributed by atoms with Gasteiger partial charge in [-0.05, 0) is 11.6 Å². The molecule has 1 aromatic heterocycles. The van der Waals surface area contributed by atoms with E-state index in [9.17, 15) is 9.18 Å². The third kappa shape index (κ3) is 3.61. The van der Waals surface area contributed by atoms with Crippen LogP contribution in [-0.4, -0.2) is 47.1 Å². The molecule has 7 heteroatoms. The minimum Gasteiger partial charge on any atom is -0.477 e. The van der Waals surface area contributed by atoms with Crippen molar-refractivity contribution in [1.29, 1.82) is 0 Å². The maximum absolute atomic E-state index is 13.7. The number of methoxy groups -OCH3 is 1. The van der Waals surface area contributed by atoms with Crippen molar-refractivity contribution < 1.29 is 18.7 Å². The Kier molecular flexibility index (Phi) is 4.88. The van der Waals surface area contributed by atoms with Gasteiger partial charge in [-0.3, -0.25) is 4.79 Å². The Bertz CT molecular complexity index is 726. The number of carbonyl (C=O) groups is 1. The second-order valence-electron chi connectivity index (χ2n) is 5.51. The number of halogens is 1. The molecule has 3 rings (SSSR count). The van der Waals surface area contributed by atoms with Crippen molar-refractivity contribution in [3.05, 3.63) is 48.0 Å². The molecule has 126 valence electrons. The molecule has 2 aromatic rings. The normalized spacial score (nSPS) is 16.9. The molecule has 1 amide bonds. The second kappa shape index (κ2) is 7.25. The smallest absolute Gasteiger partial charge is 0.278 e. The molecule has 0 bridgehead atoms. The van der Waals surface area contributed by atoms with Crippen molar-refractivity contribution in [2.45, 2.75) is 18.9 Å². The molecule has 0 radical (unpaired) electrons. The Morgan fingerprint density at radius 2 is 2.04 bits per heavy atom. The number of carbonyl (C=O) groups excluding carboxylic acids is 1. The summed E-state index contributed by atoms with van der Waals surface area (Å²) in [6.07, 6.45) is 3.59. The van der Waals surface area contributed by atoms with E-state index < -0.39 is 0 Å².